The Bertz CT molecular complexity index is 848. The number of nitrogens with zero attached hydrogens (tertiary/aromatic N) is 1. The van der Waals surface area contributed by atoms with Crippen molar-refractivity contribution in [2.75, 3.05) is 11.5 Å². The van der Waals surface area contributed by atoms with Crippen LogP contribution in [0.3, 0.4) is 0 Å². The molecule has 0 saturated carbocycles. The Balaban J connectivity index is 1.81. The van der Waals surface area contributed by atoms with Crippen LogP contribution in [-0.2, 0) is 16.1 Å². The van der Waals surface area contributed by atoms with Gasteiger partial charge in [-0.25, -0.2) is 0 Å². The maximum atomic E-state index is 12.6. The number of rotatable bonds is 5. The van der Waals surface area contributed by atoms with Crippen LogP contribution in [0.5, 0.6) is 5.75 Å². The minimum absolute atomic E-state index is 0.119. The van der Waals surface area contributed by atoms with Crippen molar-refractivity contribution in [2.24, 2.45) is 0 Å². The lowest BCUT2D eigenvalue weighted by Crippen LogP contribution is -2.51. The average Bonchev–Trinajstić information content (AvgIpc) is 2.65. The SMILES string of the molecule is CC(=O)c1ccc2c(c1)N(C(C)C(=O)NCc1ccccc1)C(=O)CO2. The monoisotopic (exact) mass is 352 g/mol. The van der Waals surface area contributed by atoms with Gasteiger partial charge in [0.1, 0.15) is 11.8 Å². The molecule has 0 bridgehead atoms. The number of benzene rings is 2. The van der Waals surface area contributed by atoms with E-state index in [-0.39, 0.29) is 24.2 Å². The third-order valence-corrected chi connectivity index (χ3v) is 4.32. The fourth-order valence-corrected chi connectivity index (χ4v) is 2.86. The van der Waals surface area contributed by atoms with Crippen LogP contribution in [0.4, 0.5) is 5.69 Å². The van der Waals surface area contributed by atoms with Crippen molar-refractivity contribution < 1.29 is 19.1 Å². The number of ketones is 1. The molecule has 0 aromatic heterocycles. The molecule has 26 heavy (non-hydrogen) atoms. The lowest BCUT2D eigenvalue weighted by Gasteiger charge is -2.33. The van der Waals surface area contributed by atoms with Gasteiger partial charge in [0.25, 0.3) is 5.91 Å². The molecule has 2 amide bonds. The van der Waals surface area contributed by atoms with Gasteiger partial charge in [-0.1, -0.05) is 30.3 Å². The molecule has 134 valence electrons. The minimum atomic E-state index is -0.726. The van der Waals surface area contributed by atoms with E-state index in [0.29, 0.717) is 23.5 Å². The first kappa shape index (κ1) is 17.7. The number of fused-ring (bicyclic) bond motifs is 1. The first-order valence-electron chi connectivity index (χ1n) is 8.39. The van der Waals surface area contributed by atoms with Crippen molar-refractivity contribution in [2.45, 2.75) is 26.4 Å². The van der Waals surface area contributed by atoms with Gasteiger partial charge >= 0.3 is 0 Å². The Morgan fingerprint density at radius 2 is 1.92 bits per heavy atom. The molecule has 6 nitrogen and oxygen atoms in total. The summed E-state index contributed by atoms with van der Waals surface area (Å²) in [5.41, 5.74) is 1.88. The van der Waals surface area contributed by atoms with Gasteiger partial charge in [0.15, 0.2) is 12.4 Å². The highest BCUT2D eigenvalue weighted by molar-refractivity contribution is 6.05. The van der Waals surface area contributed by atoms with E-state index in [2.05, 4.69) is 5.32 Å². The van der Waals surface area contributed by atoms with Crippen molar-refractivity contribution >= 4 is 23.3 Å². The zero-order chi connectivity index (χ0) is 18.7. The van der Waals surface area contributed by atoms with E-state index in [0.717, 1.165) is 5.56 Å². The quantitative estimate of drug-likeness (QED) is 0.838. The fourth-order valence-electron chi connectivity index (χ4n) is 2.86. The molecule has 1 heterocycles. The molecular weight excluding hydrogens is 332 g/mol. The number of anilines is 1. The van der Waals surface area contributed by atoms with Crippen molar-refractivity contribution in [1.29, 1.82) is 0 Å². The van der Waals surface area contributed by atoms with Crippen LogP contribution in [-0.4, -0.2) is 30.2 Å². The molecule has 0 saturated heterocycles. The normalized spacial score (nSPS) is 14.2. The maximum Gasteiger partial charge on any atom is 0.265 e. The van der Waals surface area contributed by atoms with Crippen LogP contribution in [0.1, 0.15) is 29.8 Å². The van der Waals surface area contributed by atoms with Crippen molar-refractivity contribution in [3.8, 4) is 5.75 Å². The van der Waals surface area contributed by atoms with E-state index in [4.69, 9.17) is 4.74 Å². The summed E-state index contributed by atoms with van der Waals surface area (Å²) in [5.74, 6) is -0.229. The van der Waals surface area contributed by atoms with E-state index in [9.17, 15) is 14.4 Å². The minimum Gasteiger partial charge on any atom is -0.482 e. The number of Topliss-reactive ketones (excluding diaryl/α,β-unsaturated/α-hetero) is 1. The van der Waals surface area contributed by atoms with E-state index in [1.807, 2.05) is 30.3 Å². The summed E-state index contributed by atoms with van der Waals surface area (Å²) in [6, 6.07) is 13.7. The topological polar surface area (TPSA) is 75.7 Å². The van der Waals surface area contributed by atoms with E-state index in [1.54, 1.807) is 25.1 Å². The van der Waals surface area contributed by atoms with E-state index >= 15 is 0 Å². The molecule has 1 N–H and O–H groups in total. The van der Waals surface area contributed by atoms with Gasteiger partial charge in [0.2, 0.25) is 5.91 Å². The van der Waals surface area contributed by atoms with E-state index in [1.165, 1.54) is 11.8 Å². The summed E-state index contributed by atoms with van der Waals surface area (Å²) >= 11 is 0. The van der Waals surface area contributed by atoms with Crippen LogP contribution >= 0.6 is 0 Å². The summed E-state index contributed by atoms with van der Waals surface area (Å²) in [6.07, 6.45) is 0. The molecule has 0 aliphatic carbocycles. The highest BCUT2D eigenvalue weighted by Crippen LogP contribution is 2.34. The lowest BCUT2D eigenvalue weighted by molar-refractivity contribution is -0.127. The Hall–Kier alpha value is -3.15. The Labute approximate surface area is 151 Å². The van der Waals surface area contributed by atoms with Crippen molar-refractivity contribution in [3.63, 3.8) is 0 Å². The standard InChI is InChI=1S/C20H20N2O4/c1-13(20(25)21-11-15-6-4-3-5-7-15)22-17-10-16(14(2)23)8-9-18(17)26-12-19(22)24/h3-10,13H,11-12H2,1-2H3,(H,21,25). The summed E-state index contributed by atoms with van der Waals surface area (Å²) in [7, 11) is 0. The van der Waals surface area contributed by atoms with Gasteiger partial charge in [-0.3, -0.25) is 19.3 Å². The molecule has 2 aromatic rings. The van der Waals surface area contributed by atoms with Crippen LogP contribution in [0, 0.1) is 0 Å². The Kier molecular flexibility index (Phi) is 5.02. The maximum absolute atomic E-state index is 12.6. The number of amides is 2. The predicted molar refractivity (Wildman–Crippen MR) is 97.2 cm³/mol. The molecule has 6 heteroatoms. The molecule has 2 aromatic carbocycles. The fraction of sp³-hybridized carbons (Fsp3) is 0.250. The van der Waals surface area contributed by atoms with Crippen LogP contribution in [0.25, 0.3) is 0 Å². The molecule has 0 spiro atoms. The first-order valence-corrected chi connectivity index (χ1v) is 8.39. The van der Waals surface area contributed by atoms with Gasteiger partial charge in [0, 0.05) is 12.1 Å². The largest absolute Gasteiger partial charge is 0.482 e. The second-order valence-electron chi connectivity index (χ2n) is 6.17. The molecule has 1 unspecified atom stereocenters. The second kappa shape index (κ2) is 7.39. The predicted octanol–water partition coefficient (Wildman–Crippen LogP) is 2.32. The van der Waals surface area contributed by atoms with Crippen molar-refractivity contribution in [3.05, 3.63) is 59.7 Å². The highest BCUT2D eigenvalue weighted by atomic mass is 16.5. The molecule has 0 radical (unpaired) electrons. The van der Waals surface area contributed by atoms with Gasteiger partial charge < -0.3 is 10.1 Å². The number of carbonyl (C=O) groups is 3. The van der Waals surface area contributed by atoms with Gasteiger partial charge in [0.05, 0.1) is 5.69 Å². The summed E-state index contributed by atoms with van der Waals surface area (Å²) < 4.78 is 5.43. The summed E-state index contributed by atoms with van der Waals surface area (Å²) in [4.78, 5) is 38.0. The zero-order valence-corrected chi connectivity index (χ0v) is 14.7. The van der Waals surface area contributed by atoms with Gasteiger partial charge in [-0.15, -0.1) is 0 Å². The van der Waals surface area contributed by atoms with Gasteiger partial charge in [-0.05, 0) is 37.6 Å². The molecule has 1 aliphatic rings. The molecule has 0 fully saturated rings. The van der Waals surface area contributed by atoms with Crippen molar-refractivity contribution in [1.82, 2.24) is 5.32 Å². The van der Waals surface area contributed by atoms with Crippen LogP contribution < -0.4 is 15.0 Å². The second-order valence-corrected chi connectivity index (χ2v) is 6.17. The molecule has 1 atom stereocenters. The summed E-state index contributed by atoms with van der Waals surface area (Å²) in [5, 5.41) is 2.84. The third-order valence-electron chi connectivity index (χ3n) is 4.32. The number of hydrogen-bond acceptors (Lipinski definition) is 4. The van der Waals surface area contributed by atoms with Crippen LogP contribution in [0.2, 0.25) is 0 Å². The Morgan fingerprint density at radius 1 is 1.19 bits per heavy atom. The lowest BCUT2D eigenvalue weighted by atomic mass is 10.1. The third kappa shape index (κ3) is 3.59. The van der Waals surface area contributed by atoms with E-state index < -0.39 is 6.04 Å². The number of hydrogen-bond donors (Lipinski definition) is 1. The molecule has 3 rings (SSSR count). The highest BCUT2D eigenvalue weighted by Gasteiger charge is 2.33. The molecular formula is C20H20N2O4. The average molecular weight is 352 g/mol. The Morgan fingerprint density at radius 3 is 2.62 bits per heavy atom. The first-order chi connectivity index (χ1) is 12.5. The number of ether oxygens (including phenoxy) is 1. The number of nitrogens with one attached hydrogen (secondary N) is 1. The zero-order valence-electron chi connectivity index (χ0n) is 14.7. The van der Waals surface area contributed by atoms with Crippen LogP contribution in [0.15, 0.2) is 48.5 Å². The smallest absolute Gasteiger partial charge is 0.265 e. The molecule has 1 aliphatic heterocycles. The number of carbonyl (C=O) groups excluding carboxylic acids is 3. The van der Waals surface area contributed by atoms with Gasteiger partial charge in [-0.2, -0.15) is 0 Å². The summed E-state index contributed by atoms with van der Waals surface area (Å²) in [6.45, 7) is 3.35.